The first-order valence-corrected chi connectivity index (χ1v) is 4.20. The fourth-order valence-corrected chi connectivity index (χ4v) is 1.24. The van der Waals surface area contributed by atoms with Crippen molar-refractivity contribution in [2.75, 3.05) is 0 Å². The molecule has 1 aromatic carbocycles. The van der Waals surface area contributed by atoms with Crippen LogP contribution < -0.4 is 16.5 Å². The van der Waals surface area contributed by atoms with Crippen LogP contribution in [0.5, 0.6) is 5.75 Å². The minimum atomic E-state index is 0.0884. The van der Waals surface area contributed by atoms with Crippen molar-refractivity contribution in [1.29, 1.82) is 0 Å². The molecule has 0 heterocycles. The van der Waals surface area contributed by atoms with Gasteiger partial charge in [0.1, 0.15) is 5.75 Å². The highest BCUT2D eigenvalue weighted by Crippen LogP contribution is 2.17. The molecule has 0 radical (unpaired) electrons. The van der Waals surface area contributed by atoms with E-state index in [1.54, 1.807) is 18.2 Å². The maximum atomic E-state index is 8.54. The zero-order chi connectivity index (χ0) is 10.6. The molecule has 0 aromatic heterocycles. The van der Waals surface area contributed by atoms with Crippen LogP contribution in [0.25, 0.3) is 0 Å². The molecule has 0 aliphatic heterocycles. The fraction of sp³-hybridized carbons (Fsp3) is 0.222. The summed E-state index contributed by atoms with van der Waals surface area (Å²) >= 11 is 0. The molecule has 76 valence electrons. The molecule has 5 N–H and O–H groups in total. The summed E-state index contributed by atoms with van der Waals surface area (Å²) < 4.78 is 0. The van der Waals surface area contributed by atoms with Crippen molar-refractivity contribution < 1.29 is 10.0 Å². The van der Waals surface area contributed by atoms with Gasteiger partial charge in [-0.05, 0) is 30.2 Å². The number of nitrogens with zero attached hydrogens (tertiary/aromatic N) is 1. The van der Waals surface area contributed by atoms with Gasteiger partial charge >= 0.3 is 0 Å². The van der Waals surface area contributed by atoms with Gasteiger partial charge in [0.25, 0.3) is 0 Å². The van der Waals surface area contributed by atoms with Gasteiger partial charge in [0, 0.05) is 5.56 Å². The Morgan fingerprint density at radius 2 is 2.29 bits per heavy atom. The van der Waals surface area contributed by atoms with E-state index in [2.05, 4.69) is 9.99 Å². The summed E-state index contributed by atoms with van der Waals surface area (Å²) in [6, 6.07) is 5.12. The van der Waals surface area contributed by atoms with Crippen molar-refractivity contribution >= 4 is 5.84 Å². The summed E-state index contributed by atoms with van der Waals surface area (Å²) in [7, 11) is 0. The van der Waals surface area contributed by atoms with Crippen LogP contribution in [0.3, 0.4) is 0 Å². The Morgan fingerprint density at radius 1 is 1.57 bits per heavy atom. The third-order valence-corrected chi connectivity index (χ3v) is 1.98. The predicted molar refractivity (Wildman–Crippen MR) is 53.1 cm³/mol. The van der Waals surface area contributed by atoms with E-state index in [9.17, 15) is 0 Å². The number of nitrogens with two attached hydrogens (primary N) is 2. The summed E-state index contributed by atoms with van der Waals surface area (Å²) in [5.41, 5.74) is 7.10. The first-order valence-electron chi connectivity index (χ1n) is 4.20. The Hall–Kier alpha value is -1.75. The van der Waals surface area contributed by atoms with E-state index in [-0.39, 0.29) is 5.84 Å². The highest BCUT2D eigenvalue weighted by Gasteiger charge is 2.06. The third-order valence-electron chi connectivity index (χ3n) is 1.98. The quantitative estimate of drug-likeness (QED) is 0.285. The summed E-state index contributed by atoms with van der Waals surface area (Å²) in [5, 5.41) is 11.5. The summed E-state index contributed by atoms with van der Waals surface area (Å²) in [5.74, 6) is 5.66. The molecule has 0 unspecified atom stereocenters. The molecule has 0 atom stereocenters. The average molecular weight is 195 g/mol. The molecule has 5 heteroatoms. The van der Waals surface area contributed by atoms with Gasteiger partial charge in [0.15, 0.2) is 5.84 Å². The Balaban J connectivity index is 3.18. The minimum Gasteiger partial charge on any atom is -0.412 e. The van der Waals surface area contributed by atoms with Gasteiger partial charge in [-0.25, -0.2) is 0 Å². The van der Waals surface area contributed by atoms with E-state index in [0.717, 1.165) is 12.0 Å². The number of hydrogen-bond donors (Lipinski definition) is 3. The van der Waals surface area contributed by atoms with Gasteiger partial charge in [-0.15, -0.1) is 0 Å². The number of oxime groups is 1. The van der Waals surface area contributed by atoms with Crippen molar-refractivity contribution in [1.82, 2.24) is 0 Å². The molecule has 0 saturated carbocycles. The van der Waals surface area contributed by atoms with Crippen LogP contribution in [0.1, 0.15) is 18.1 Å². The van der Waals surface area contributed by atoms with Crippen LogP contribution in [-0.2, 0) is 6.42 Å². The average Bonchev–Trinajstić information content (AvgIpc) is 2.27. The van der Waals surface area contributed by atoms with Crippen molar-refractivity contribution in [2.45, 2.75) is 13.3 Å². The van der Waals surface area contributed by atoms with Crippen LogP contribution in [0.2, 0.25) is 0 Å². The molecule has 0 fully saturated rings. The second kappa shape index (κ2) is 4.48. The lowest BCUT2D eigenvalue weighted by atomic mass is 10.0. The molecule has 1 aromatic rings. The second-order valence-corrected chi connectivity index (χ2v) is 2.78. The first kappa shape index (κ1) is 10.3. The number of hydrogen-bond acceptors (Lipinski definition) is 4. The van der Waals surface area contributed by atoms with Gasteiger partial charge < -0.3 is 15.8 Å². The van der Waals surface area contributed by atoms with Crippen LogP contribution in [0, 0.1) is 0 Å². The molecule has 1 rings (SSSR count). The minimum absolute atomic E-state index is 0.0884. The molecule has 0 aliphatic rings. The SMILES string of the molecule is CCc1cc(ON)ccc1C(N)=NO. The van der Waals surface area contributed by atoms with E-state index >= 15 is 0 Å². The molecular weight excluding hydrogens is 182 g/mol. The molecule has 0 amide bonds. The van der Waals surface area contributed by atoms with Gasteiger partial charge in [0.05, 0.1) is 0 Å². The van der Waals surface area contributed by atoms with E-state index in [1.807, 2.05) is 6.92 Å². The molecule has 0 spiro atoms. The van der Waals surface area contributed by atoms with Crippen molar-refractivity contribution in [3.05, 3.63) is 29.3 Å². The monoisotopic (exact) mass is 195 g/mol. The van der Waals surface area contributed by atoms with Gasteiger partial charge in [-0.2, -0.15) is 5.90 Å². The number of amidine groups is 1. The summed E-state index contributed by atoms with van der Waals surface area (Å²) in [4.78, 5) is 4.58. The maximum absolute atomic E-state index is 8.54. The number of benzene rings is 1. The lowest BCUT2D eigenvalue weighted by molar-refractivity contribution is 0.318. The maximum Gasteiger partial charge on any atom is 0.170 e. The van der Waals surface area contributed by atoms with Crippen LogP contribution in [0.15, 0.2) is 23.4 Å². The van der Waals surface area contributed by atoms with Crippen molar-refractivity contribution in [2.24, 2.45) is 16.8 Å². The van der Waals surface area contributed by atoms with Gasteiger partial charge in [-0.1, -0.05) is 12.1 Å². The Bertz CT molecular complexity index is 350. The molecule has 0 saturated heterocycles. The van der Waals surface area contributed by atoms with E-state index in [4.69, 9.17) is 16.8 Å². The molecular formula is C9H13N3O2. The molecule has 5 nitrogen and oxygen atoms in total. The number of aryl methyl sites for hydroxylation is 1. The normalized spacial score (nSPS) is 11.4. The summed E-state index contributed by atoms with van der Waals surface area (Å²) in [6.45, 7) is 1.96. The number of rotatable bonds is 3. The molecule has 0 aliphatic carbocycles. The van der Waals surface area contributed by atoms with E-state index in [1.165, 1.54) is 0 Å². The van der Waals surface area contributed by atoms with E-state index in [0.29, 0.717) is 11.3 Å². The topological polar surface area (TPSA) is 93.9 Å². The smallest absolute Gasteiger partial charge is 0.170 e. The Kier molecular flexibility index (Phi) is 3.30. The fourth-order valence-electron chi connectivity index (χ4n) is 1.24. The van der Waals surface area contributed by atoms with Crippen molar-refractivity contribution in [3.63, 3.8) is 0 Å². The second-order valence-electron chi connectivity index (χ2n) is 2.78. The standard InChI is InChI=1S/C9H13N3O2/c1-2-6-5-7(14-11)3-4-8(6)9(10)12-13/h3-5,13H,2,11H2,1H3,(H2,10,12). The molecule has 14 heavy (non-hydrogen) atoms. The molecule has 0 bridgehead atoms. The first-order chi connectivity index (χ1) is 6.72. The predicted octanol–water partition coefficient (Wildman–Crippen LogP) is 0.596. The highest BCUT2D eigenvalue weighted by molar-refractivity contribution is 5.98. The largest absolute Gasteiger partial charge is 0.412 e. The third kappa shape index (κ3) is 1.94. The van der Waals surface area contributed by atoms with Crippen LogP contribution in [-0.4, -0.2) is 11.0 Å². The van der Waals surface area contributed by atoms with Gasteiger partial charge in [0.2, 0.25) is 0 Å². The van der Waals surface area contributed by atoms with E-state index < -0.39 is 0 Å². The zero-order valence-electron chi connectivity index (χ0n) is 7.90. The van der Waals surface area contributed by atoms with Crippen LogP contribution in [0.4, 0.5) is 0 Å². The zero-order valence-corrected chi connectivity index (χ0v) is 7.90. The summed E-state index contributed by atoms with van der Waals surface area (Å²) in [6.07, 6.45) is 0.753. The lowest BCUT2D eigenvalue weighted by Gasteiger charge is -2.07. The van der Waals surface area contributed by atoms with Crippen LogP contribution >= 0.6 is 0 Å². The Morgan fingerprint density at radius 3 is 2.79 bits per heavy atom. The highest BCUT2D eigenvalue weighted by atomic mass is 16.6. The van der Waals surface area contributed by atoms with Gasteiger partial charge in [-0.3, -0.25) is 0 Å². The lowest BCUT2D eigenvalue weighted by Crippen LogP contribution is -2.15. The Labute approximate surface area is 81.9 Å². The van der Waals surface area contributed by atoms with Crippen molar-refractivity contribution in [3.8, 4) is 5.75 Å².